The molecule has 3 heteroatoms. The third-order valence-electron chi connectivity index (χ3n) is 2.72. The third kappa shape index (κ3) is 2.91. The summed E-state index contributed by atoms with van der Waals surface area (Å²) in [6.07, 6.45) is 3.77. The van der Waals surface area contributed by atoms with Crippen molar-refractivity contribution in [3.63, 3.8) is 0 Å². The zero-order chi connectivity index (χ0) is 12.1. The molecule has 0 aliphatic carbocycles. The number of pyridine rings is 1. The van der Waals surface area contributed by atoms with Crippen molar-refractivity contribution in [2.75, 3.05) is 0 Å². The van der Waals surface area contributed by atoms with Gasteiger partial charge in [-0.05, 0) is 23.3 Å². The molecule has 2 N–H and O–H groups in total. The molecule has 1 amide bonds. The predicted molar refractivity (Wildman–Crippen MR) is 66.3 cm³/mol. The minimum Gasteiger partial charge on any atom is -0.370 e. The summed E-state index contributed by atoms with van der Waals surface area (Å²) in [6.45, 7) is 0. The number of primary amides is 1. The van der Waals surface area contributed by atoms with Crippen LogP contribution in [0.1, 0.15) is 23.5 Å². The second-order valence-corrected chi connectivity index (χ2v) is 3.91. The van der Waals surface area contributed by atoms with Crippen molar-refractivity contribution in [3.8, 4) is 0 Å². The summed E-state index contributed by atoms with van der Waals surface area (Å²) in [7, 11) is 0. The Balaban J connectivity index is 2.36. The molecule has 0 saturated heterocycles. The summed E-state index contributed by atoms with van der Waals surface area (Å²) < 4.78 is 0. The van der Waals surface area contributed by atoms with Gasteiger partial charge in [0, 0.05) is 24.7 Å². The van der Waals surface area contributed by atoms with E-state index in [0.29, 0.717) is 6.42 Å². The average molecular weight is 226 g/mol. The van der Waals surface area contributed by atoms with Gasteiger partial charge in [0.2, 0.25) is 5.91 Å². The minimum atomic E-state index is -0.296. The van der Waals surface area contributed by atoms with Crippen LogP contribution in [-0.2, 0) is 4.79 Å². The van der Waals surface area contributed by atoms with E-state index in [0.717, 1.165) is 11.1 Å². The number of carbonyl (C=O) groups excluding carboxylic acids is 1. The molecule has 1 aromatic carbocycles. The Morgan fingerprint density at radius 1 is 1.06 bits per heavy atom. The van der Waals surface area contributed by atoms with Gasteiger partial charge in [-0.3, -0.25) is 9.78 Å². The highest BCUT2D eigenvalue weighted by atomic mass is 16.1. The lowest BCUT2D eigenvalue weighted by atomic mass is 9.89. The van der Waals surface area contributed by atoms with Crippen molar-refractivity contribution < 1.29 is 4.79 Å². The fourth-order valence-corrected chi connectivity index (χ4v) is 1.91. The van der Waals surface area contributed by atoms with E-state index in [9.17, 15) is 4.79 Å². The normalized spacial score (nSPS) is 12.0. The number of carbonyl (C=O) groups is 1. The summed E-state index contributed by atoms with van der Waals surface area (Å²) in [4.78, 5) is 15.1. The number of benzene rings is 1. The van der Waals surface area contributed by atoms with Crippen LogP contribution >= 0.6 is 0 Å². The van der Waals surface area contributed by atoms with Crippen molar-refractivity contribution in [1.29, 1.82) is 0 Å². The quantitative estimate of drug-likeness (QED) is 0.867. The van der Waals surface area contributed by atoms with Gasteiger partial charge in [-0.2, -0.15) is 0 Å². The van der Waals surface area contributed by atoms with Crippen molar-refractivity contribution in [2.24, 2.45) is 5.73 Å². The Labute approximate surface area is 100 Å². The number of nitrogens with two attached hydrogens (primary N) is 1. The molecule has 1 unspecified atom stereocenters. The lowest BCUT2D eigenvalue weighted by Crippen LogP contribution is -2.16. The Kier molecular flexibility index (Phi) is 3.50. The van der Waals surface area contributed by atoms with Crippen molar-refractivity contribution in [2.45, 2.75) is 12.3 Å². The highest BCUT2D eigenvalue weighted by Crippen LogP contribution is 2.26. The van der Waals surface area contributed by atoms with Gasteiger partial charge in [0.05, 0.1) is 0 Å². The zero-order valence-electron chi connectivity index (χ0n) is 9.41. The summed E-state index contributed by atoms with van der Waals surface area (Å²) in [6, 6.07) is 13.7. The van der Waals surface area contributed by atoms with Crippen LogP contribution in [0.5, 0.6) is 0 Å². The number of hydrogen-bond donors (Lipinski definition) is 1. The van der Waals surface area contributed by atoms with Gasteiger partial charge in [-0.15, -0.1) is 0 Å². The minimum absolute atomic E-state index is 0.0108. The summed E-state index contributed by atoms with van der Waals surface area (Å²) in [5.41, 5.74) is 7.47. The molecule has 1 heterocycles. The van der Waals surface area contributed by atoms with Gasteiger partial charge in [-0.25, -0.2) is 0 Å². The van der Waals surface area contributed by atoms with Crippen molar-refractivity contribution in [1.82, 2.24) is 4.98 Å². The Morgan fingerprint density at radius 3 is 2.24 bits per heavy atom. The molecule has 3 nitrogen and oxygen atoms in total. The number of aromatic nitrogens is 1. The fourth-order valence-electron chi connectivity index (χ4n) is 1.91. The molecule has 0 spiro atoms. The Hall–Kier alpha value is -2.16. The van der Waals surface area contributed by atoms with Crippen LogP contribution in [0.2, 0.25) is 0 Å². The topological polar surface area (TPSA) is 56.0 Å². The molecule has 0 saturated carbocycles. The molecule has 86 valence electrons. The van der Waals surface area contributed by atoms with Gasteiger partial charge in [0.25, 0.3) is 0 Å². The molecule has 1 aromatic heterocycles. The first-order valence-electron chi connectivity index (χ1n) is 5.50. The summed E-state index contributed by atoms with van der Waals surface area (Å²) in [5, 5.41) is 0. The van der Waals surface area contributed by atoms with Gasteiger partial charge >= 0.3 is 0 Å². The highest BCUT2D eigenvalue weighted by molar-refractivity contribution is 5.75. The van der Waals surface area contributed by atoms with E-state index in [1.54, 1.807) is 12.4 Å². The molecule has 1 atom stereocenters. The number of rotatable bonds is 4. The monoisotopic (exact) mass is 226 g/mol. The standard InChI is InChI=1S/C14H14N2O/c15-14(17)10-13(11-4-2-1-3-5-11)12-6-8-16-9-7-12/h1-9,13H,10H2,(H2,15,17). The Bertz CT molecular complexity index is 443. The Morgan fingerprint density at radius 2 is 1.65 bits per heavy atom. The SMILES string of the molecule is NC(=O)CC(c1ccccc1)c1ccncc1. The van der Waals surface area contributed by atoms with E-state index in [-0.39, 0.29) is 11.8 Å². The molecule has 17 heavy (non-hydrogen) atoms. The maximum Gasteiger partial charge on any atom is 0.218 e. The van der Waals surface area contributed by atoms with E-state index in [1.165, 1.54) is 0 Å². The lowest BCUT2D eigenvalue weighted by Gasteiger charge is -2.15. The van der Waals surface area contributed by atoms with E-state index in [1.807, 2.05) is 42.5 Å². The van der Waals surface area contributed by atoms with E-state index in [4.69, 9.17) is 5.73 Å². The predicted octanol–water partition coefficient (Wildman–Crippen LogP) is 2.09. The second kappa shape index (κ2) is 5.25. The third-order valence-corrected chi connectivity index (χ3v) is 2.72. The number of nitrogens with zero attached hydrogens (tertiary/aromatic N) is 1. The van der Waals surface area contributed by atoms with Gasteiger partial charge in [0.1, 0.15) is 0 Å². The van der Waals surface area contributed by atoms with E-state index >= 15 is 0 Å². The number of hydrogen-bond acceptors (Lipinski definition) is 2. The highest BCUT2D eigenvalue weighted by Gasteiger charge is 2.16. The lowest BCUT2D eigenvalue weighted by molar-refractivity contribution is -0.118. The maximum atomic E-state index is 11.2. The first kappa shape index (κ1) is 11.3. The molecule has 0 aliphatic heterocycles. The first-order valence-corrected chi connectivity index (χ1v) is 5.50. The smallest absolute Gasteiger partial charge is 0.218 e. The molecule has 0 radical (unpaired) electrons. The molecular formula is C14H14N2O. The largest absolute Gasteiger partial charge is 0.370 e. The van der Waals surface area contributed by atoms with E-state index < -0.39 is 0 Å². The molecular weight excluding hydrogens is 212 g/mol. The van der Waals surface area contributed by atoms with Crippen LogP contribution in [0.4, 0.5) is 0 Å². The fraction of sp³-hybridized carbons (Fsp3) is 0.143. The van der Waals surface area contributed by atoms with Crippen LogP contribution in [0.25, 0.3) is 0 Å². The molecule has 0 fully saturated rings. The summed E-state index contributed by atoms with van der Waals surface area (Å²) in [5.74, 6) is -0.285. The van der Waals surface area contributed by atoms with Gasteiger partial charge in [-0.1, -0.05) is 30.3 Å². The van der Waals surface area contributed by atoms with Crippen LogP contribution in [0.15, 0.2) is 54.9 Å². The van der Waals surface area contributed by atoms with Crippen LogP contribution in [0.3, 0.4) is 0 Å². The van der Waals surface area contributed by atoms with Crippen molar-refractivity contribution in [3.05, 3.63) is 66.0 Å². The van der Waals surface area contributed by atoms with Crippen LogP contribution in [0, 0.1) is 0 Å². The van der Waals surface area contributed by atoms with Gasteiger partial charge < -0.3 is 5.73 Å². The second-order valence-electron chi connectivity index (χ2n) is 3.91. The summed E-state index contributed by atoms with van der Waals surface area (Å²) >= 11 is 0. The van der Waals surface area contributed by atoms with E-state index in [2.05, 4.69) is 4.98 Å². The molecule has 0 bridgehead atoms. The maximum absolute atomic E-state index is 11.2. The average Bonchev–Trinajstić information content (AvgIpc) is 2.38. The molecule has 2 aromatic rings. The zero-order valence-corrected chi connectivity index (χ0v) is 9.41. The first-order chi connectivity index (χ1) is 8.27. The van der Waals surface area contributed by atoms with Crippen LogP contribution in [-0.4, -0.2) is 10.9 Å². The van der Waals surface area contributed by atoms with Crippen molar-refractivity contribution >= 4 is 5.91 Å². The van der Waals surface area contributed by atoms with Crippen LogP contribution < -0.4 is 5.73 Å². The van der Waals surface area contributed by atoms with Gasteiger partial charge in [0.15, 0.2) is 0 Å². The molecule has 2 rings (SSSR count). The number of amides is 1. The molecule has 0 aliphatic rings.